The molecule has 3 heteroatoms. The Morgan fingerprint density at radius 1 is 1.47 bits per heavy atom. The lowest BCUT2D eigenvalue weighted by Crippen LogP contribution is -2.11. The monoisotopic (exact) mass is 226 g/mol. The van der Waals surface area contributed by atoms with Gasteiger partial charge in [0.1, 0.15) is 0 Å². The molecule has 1 saturated carbocycles. The van der Waals surface area contributed by atoms with Gasteiger partial charge in [-0.25, -0.2) is 0 Å². The Kier molecular flexibility index (Phi) is 3.06. The molecular weight excluding hydrogens is 208 g/mol. The molecule has 2 rings (SSSR count). The molecule has 0 aromatic carbocycles. The molecule has 0 radical (unpaired) electrons. The second-order valence-corrected chi connectivity index (χ2v) is 4.87. The van der Waals surface area contributed by atoms with Crippen LogP contribution in [0.5, 0.6) is 0 Å². The highest BCUT2D eigenvalue weighted by atomic mass is 35.5. The fraction of sp³-hybridized carbons (Fsp3) is 0.750. The molecule has 2 nitrogen and oxygen atoms in total. The fourth-order valence-corrected chi connectivity index (χ4v) is 2.38. The molecule has 0 unspecified atom stereocenters. The molecule has 0 amide bonds. The standard InChI is InChI=1S/C12H19ClN2/c1-3-10-7-11(15(4-2)14-10)8-12(9-13)5-6-12/h7H,3-6,8-9H2,1-2H3. The molecule has 1 aliphatic rings. The molecule has 0 N–H and O–H groups in total. The van der Waals surface area contributed by atoms with Gasteiger partial charge in [-0.1, -0.05) is 6.92 Å². The highest BCUT2D eigenvalue weighted by Gasteiger charge is 2.42. The van der Waals surface area contributed by atoms with Gasteiger partial charge in [0.05, 0.1) is 5.69 Å². The Bertz CT molecular complexity index is 339. The van der Waals surface area contributed by atoms with Crippen LogP contribution in [0.15, 0.2) is 6.07 Å². The number of nitrogens with zero attached hydrogens (tertiary/aromatic N) is 2. The maximum atomic E-state index is 6.01. The summed E-state index contributed by atoms with van der Waals surface area (Å²) in [7, 11) is 0. The van der Waals surface area contributed by atoms with Gasteiger partial charge < -0.3 is 0 Å². The molecule has 1 aliphatic carbocycles. The summed E-state index contributed by atoms with van der Waals surface area (Å²) < 4.78 is 2.13. The summed E-state index contributed by atoms with van der Waals surface area (Å²) in [5.74, 6) is 0.795. The molecule has 0 saturated heterocycles. The summed E-state index contributed by atoms with van der Waals surface area (Å²) in [6.07, 6.45) is 4.70. The molecule has 0 spiro atoms. The number of aromatic nitrogens is 2. The molecule has 0 atom stereocenters. The van der Waals surface area contributed by atoms with Gasteiger partial charge in [0.25, 0.3) is 0 Å². The van der Waals surface area contributed by atoms with E-state index in [1.165, 1.54) is 24.2 Å². The Labute approximate surface area is 96.6 Å². The van der Waals surface area contributed by atoms with Gasteiger partial charge in [0.2, 0.25) is 0 Å². The number of rotatable bonds is 5. The topological polar surface area (TPSA) is 17.8 Å². The lowest BCUT2D eigenvalue weighted by atomic mass is 10.0. The average Bonchev–Trinajstić information content (AvgIpc) is 2.92. The third-order valence-corrected chi connectivity index (χ3v) is 3.94. The predicted molar refractivity (Wildman–Crippen MR) is 63.4 cm³/mol. The zero-order chi connectivity index (χ0) is 10.9. The lowest BCUT2D eigenvalue weighted by molar-refractivity contribution is 0.523. The van der Waals surface area contributed by atoms with E-state index in [0.29, 0.717) is 5.41 Å². The zero-order valence-electron chi connectivity index (χ0n) is 9.59. The molecule has 15 heavy (non-hydrogen) atoms. The van der Waals surface area contributed by atoms with E-state index in [1.54, 1.807) is 0 Å². The molecule has 1 aromatic rings. The maximum absolute atomic E-state index is 6.01. The van der Waals surface area contributed by atoms with E-state index in [0.717, 1.165) is 25.3 Å². The first-order chi connectivity index (χ1) is 7.23. The average molecular weight is 227 g/mol. The quantitative estimate of drug-likeness (QED) is 0.706. The minimum Gasteiger partial charge on any atom is -0.270 e. The van der Waals surface area contributed by atoms with Crippen molar-refractivity contribution in [3.05, 3.63) is 17.5 Å². The van der Waals surface area contributed by atoms with Crippen molar-refractivity contribution in [3.8, 4) is 0 Å². The molecule has 1 heterocycles. The van der Waals surface area contributed by atoms with E-state index >= 15 is 0 Å². The number of hydrogen-bond acceptors (Lipinski definition) is 1. The summed E-state index contributed by atoms with van der Waals surface area (Å²) in [6.45, 7) is 5.27. The SMILES string of the molecule is CCc1cc(CC2(CCl)CC2)n(CC)n1. The van der Waals surface area contributed by atoms with Gasteiger partial charge >= 0.3 is 0 Å². The van der Waals surface area contributed by atoms with Gasteiger partial charge in [0, 0.05) is 18.1 Å². The maximum Gasteiger partial charge on any atom is 0.0624 e. The van der Waals surface area contributed by atoms with Gasteiger partial charge in [0.15, 0.2) is 0 Å². The van der Waals surface area contributed by atoms with Crippen molar-refractivity contribution >= 4 is 11.6 Å². The molecule has 0 bridgehead atoms. The Balaban J connectivity index is 2.15. The third-order valence-electron chi connectivity index (χ3n) is 3.37. The molecule has 84 valence electrons. The van der Waals surface area contributed by atoms with E-state index in [1.807, 2.05) is 0 Å². The van der Waals surface area contributed by atoms with Gasteiger partial charge in [-0.05, 0) is 44.1 Å². The van der Waals surface area contributed by atoms with Crippen molar-refractivity contribution in [2.45, 2.75) is 46.1 Å². The highest BCUT2D eigenvalue weighted by Crippen LogP contribution is 2.49. The van der Waals surface area contributed by atoms with Crippen LogP contribution in [-0.2, 0) is 19.4 Å². The second kappa shape index (κ2) is 4.17. The van der Waals surface area contributed by atoms with Crippen molar-refractivity contribution in [3.63, 3.8) is 0 Å². The van der Waals surface area contributed by atoms with E-state index in [-0.39, 0.29) is 0 Å². The van der Waals surface area contributed by atoms with Crippen molar-refractivity contribution in [2.75, 3.05) is 5.88 Å². The summed E-state index contributed by atoms with van der Waals surface area (Å²) in [6, 6.07) is 2.25. The first-order valence-electron chi connectivity index (χ1n) is 5.84. The van der Waals surface area contributed by atoms with E-state index in [4.69, 9.17) is 11.6 Å². The predicted octanol–water partition coefficient (Wildman–Crippen LogP) is 3.03. The van der Waals surface area contributed by atoms with E-state index in [9.17, 15) is 0 Å². The first-order valence-corrected chi connectivity index (χ1v) is 6.38. The number of halogens is 1. The molecule has 1 aromatic heterocycles. The zero-order valence-corrected chi connectivity index (χ0v) is 10.3. The molecule has 0 aliphatic heterocycles. The normalized spacial score (nSPS) is 18.1. The lowest BCUT2D eigenvalue weighted by Gasteiger charge is -2.11. The van der Waals surface area contributed by atoms with Crippen LogP contribution in [0.2, 0.25) is 0 Å². The number of hydrogen-bond donors (Lipinski definition) is 0. The minimum atomic E-state index is 0.402. The Morgan fingerprint density at radius 3 is 2.67 bits per heavy atom. The van der Waals surface area contributed by atoms with Crippen LogP contribution in [-0.4, -0.2) is 15.7 Å². The first kappa shape index (κ1) is 11.0. The fourth-order valence-electron chi connectivity index (χ4n) is 2.02. The number of aryl methyl sites for hydroxylation is 2. The van der Waals surface area contributed by atoms with Crippen molar-refractivity contribution < 1.29 is 0 Å². The van der Waals surface area contributed by atoms with Crippen LogP contribution >= 0.6 is 11.6 Å². The summed E-state index contributed by atoms with van der Waals surface area (Å²) in [5, 5.41) is 4.57. The van der Waals surface area contributed by atoms with Crippen LogP contribution in [0.25, 0.3) is 0 Å². The summed E-state index contributed by atoms with van der Waals surface area (Å²) >= 11 is 6.01. The van der Waals surface area contributed by atoms with E-state index in [2.05, 4.69) is 29.7 Å². The van der Waals surface area contributed by atoms with Gasteiger partial charge in [-0.2, -0.15) is 5.10 Å². The Hall–Kier alpha value is -0.500. The second-order valence-electron chi connectivity index (χ2n) is 4.61. The van der Waals surface area contributed by atoms with Crippen LogP contribution in [0.3, 0.4) is 0 Å². The van der Waals surface area contributed by atoms with Crippen LogP contribution < -0.4 is 0 Å². The van der Waals surface area contributed by atoms with Crippen molar-refractivity contribution in [2.24, 2.45) is 5.41 Å². The van der Waals surface area contributed by atoms with Gasteiger partial charge in [-0.15, -0.1) is 11.6 Å². The minimum absolute atomic E-state index is 0.402. The van der Waals surface area contributed by atoms with E-state index < -0.39 is 0 Å². The summed E-state index contributed by atoms with van der Waals surface area (Å²) in [5.41, 5.74) is 2.98. The smallest absolute Gasteiger partial charge is 0.0624 e. The third kappa shape index (κ3) is 2.20. The molecular formula is C12H19ClN2. The van der Waals surface area contributed by atoms with Crippen molar-refractivity contribution in [1.29, 1.82) is 0 Å². The highest BCUT2D eigenvalue weighted by molar-refractivity contribution is 6.18. The van der Waals surface area contributed by atoms with Gasteiger partial charge in [-0.3, -0.25) is 4.68 Å². The summed E-state index contributed by atoms with van der Waals surface area (Å²) in [4.78, 5) is 0. The Morgan fingerprint density at radius 2 is 2.20 bits per heavy atom. The van der Waals surface area contributed by atoms with Crippen LogP contribution in [0, 0.1) is 5.41 Å². The number of alkyl halides is 1. The van der Waals surface area contributed by atoms with Crippen LogP contribution in [0.1, 0.15) is 38.1 Å². The van der Waals surface area contributed by atoms with Crippen LogP contribution in [0.4, 0.5) is 0 Å². The largest absolute Gasteiger partial charge is 0.270 e. The van der Waals surface area contributed by atoms with Crippen molar-refractivity contribution in [1.82, 2.24) is 9.78 Å². The molecule has 1 fully saturated rings.